The van der Waals surface area contributed by atoms with Crippen LogP contribution in [0.2, 0.25) is 0 Å². The fourth-order valence-corrected chi connectivity index (χ4v) is 2.11. The summed E-state index contributed by atoms with van der Waals surface area (Å²) in [6.45, 7) is 4.36. The SMILES string of the molecule is CCCCc1ccc(Oc2ccc(C(=O)OCC)cc2)cc1. The van der Waals surface area contributed by atoms with E-state index in [1.807, 2.05) is 12.1 Å². The molecular formula is C19H22O3. The summed E-state index contributed by atoms with van der Waals surface area (Å²) < 4.78 is 10.7. The second-order valence-corrected chi connectivity index (χ2v) is 5.09. The fraction of sp³-hybridized carbons (Fsp3) is 0.316. The molecule has 2 rings (SSSR count). The third-order valence-electron chi connectivity index (χ3n) is 3.34. The first kappa shape index (κ1) is 16.1. The molecule has 0 radical (unpaired) electrons. The van der Waals surface area contributed by atoms with Gasteiger partial charge in [0.1, 0.15) is 11.5 Å². The van der Waals surface area contributed by atoms with Gasteiger partial charge < -0.3 is 9.47 Å². The van der Waals surface area contributed by atoms with Crippen LogP contribution in [-0.2, 0) is 11.2 Å². The fourth-order valence-electron chi connectivity index (χ4n) is 2.11. The van der Waals surface area contributed by atoms with Crippen molar-refractivity contribution in [3.05, 3.63) is 59.7 Å². The first-order chi connectivity index (χ1) is 10.7. The van der Waals surface area contributed by atoms with E-state index in [9.17, 15) is 4.79 Å². The minimum Gasteiger partial charge on any atom is -0.462 e. The van der Waals surface area contributed by atoms with Gasteiger partial charge in [0.05, 0.1) is 12.2 Å². The van der Waals surface area contributed by atoms with Crippen LogP contribution in [-0.4, -0.2) is 12.6 Å². The standard InChI is InChI=1S/C19H22O3/c1-3-5-6-15-7-11-17(12-8-15)22-18-13-9-16(10-14-18)19(20)21-4-2/h7-14H,3-6H2,1-2H3. The van der Waals surface area contributed by atoms with Gasteiger partial charge in [-0.2, -0.15) is 0 Å². The number of benzene rings is 2. The zero-order chi connectivity index (χ0) is 15.8. The van der Waals surface area contributed by atoms with Gasteiger partial charge in [0.2, 0.25) is 0 Å². The topological polar surface area (TPSA) is 35.5 Å². The largest absolute Gasteiger partial charge is 0.462 e. The molecule has 0 fully saturated rings. The first-order valence-electron chi connectivity index (χ1n) is 7.77. The summed E-state index contributed by atoms with van der Waals surface area (Å²) in [7, 11) is 0. The Hall–Kier alpha value is -2.29. The smallest absolute Gasteiger partial charge is 0.338 e. The highest BCUT2D eigenvalue weighted by atomic mass is 16.5. The quantitative estimate of drug-likeness (QED) is 0.675. The van der Waals surface area contributed by atoms with Crippen molar-refractivity contribution in [2.24, 2.45) is 0 Å². The Morgan fingerprint density at radius 3 is 2.05 bits per heavy atom. The molecule has 3 heteroatoms. The molecule has 22 heavy (non-hydrogen) atoms. The van der Waals surface area contributed by atoms with Crippen molar-refractivity contribution in [3.63, 3.8) is 0 Å². The van der Waals surface area contributed by atoms with Gasteiger partial charge in [-0.1, -0.05) is 25.5 Å². The Labute approximate surface area is 131 Å². The summed E-state index contributed by atoms with van der Waals surface area (Å²) in [5, 5.41) is 0. The van der Waals surface area contributed by atoms with Crippen molar-refractivity contribution >= 4 is 5.97 Å². The van der Waals surface area contributed by atoms with Crippen molar-refractivity contribution < 1.29 is 14.3 Å². The number of aryl methyl sites for hydroxylation is 1. The first-order valence-corrected chi connectivity index (χ1v) is 7.77. The summed E-state index contributed by atoms with van der Waals surface area (Å²) in [6.07, 6.45) is 3.51. The Bertz CT molecular complexity index is 585. The average molecular weight is 298 g/mol. The van der Waals surface area contributed by atoms with E-state index in [4.69, 9.17) is 9.47 Å². The Morgan fingerprint density at radius 2 is 1.50 bits per heavy atom. The number of rotatable bonds is 7. The van der Waals surface area contributed by atoms with Crippen LogP contribution < -0.4 is 4.74 Å². The summed E-state index contributed by atoms with van der Waals surface area (Å²) >= 11 is 0. The Morgan fingerprint density at radius 1 is 0.909 bits per heavy atom. The summed E-state index contributed by atoms with van der Waals surface area (Å²) in [5.74, 6) is 1.19. The molecule has 0 aromatic heterocycles. The molecule has 0 bridgehead atoms. The molecule has 0 aliphatic heterocycles. The molecule has 2 aromatic rings. The number of esters is 1. The molecule has 0 spiro atoms. The number of unbranched alkanes of at least 4 members (excludes halogenated alkanes) is 1. The summed E-state index contributed by atoms with van der Waals surface area (Å²) in [5.41, 5.74) is 1.86. The van der Waals surface area contributed by atoms with Gasteiger partial charge in [-0.15, -0.1) is 0 Å². The highest BCUT2D eigenvalue weighted by Crippen LogP contribution is 2.22. The second kappa shape index (κ2) is 8.23. The number of hydrogen-bond acceptors (Lipinski definition) is 3. The lowest BCUT2D eigenvalue weighted by Crippen LogP contribution is -2.03. The van der Waals surface area contributed by atoms with Gasteiger partial charge in [0.15, 0.2) is 0 Å². The van der Waals surface area contributed by atoms with Gasteiger partial charge >= 0.3 is 5.97 Å². The van der Waals surface area contributed by atoms with E-state index in [-0.39, 0.29) is 5.97 Å². The molecule has 0 atom stereocenters. The Balaban J connectivity index is 1.97. The molecule has 0 amide bonds. The molecule has 0 heterocycles. The third-order valence-corrected chi connectivity index (χ3v) is 3.34. The predicted octanol–water partition coefficient (Wildman–Crippen LogP) is 5.00. The molecule has 3 nitrogen and oxygen atoms in total. The highest BCUT2D eigenvalue weighted by Gasteiger charge is 2.06. The van der Waals surface area contributed by atoms with Crippen LogP contribution in [0.3, 0.4) is 0 Å². The molecule has 116 valence electrons. The van der Waals surface area contributed by atoms with Crippen LogP contribution in [0.15, 0.2) is 48.5 Å². The maximum Gasteiger partial charge on any atom is 0.338 e. The van der Waals surface area contributed by atoms with Crippen LogP contribution in [0.4, 0.5) is 0 Å². The van der Waals surface area contributed by atoms with Crippen molar-refractivity contribution in [3.8, 4) is 11.5 Å². The van der Waals surface area contributed by atoms with Gasteiger partial charge in [-0.25, -0.2) is 4.79 Å². The molecular weight excluding hydrogens is 276 g/mol. The summed E-state index contributed by atoms with van der Waals surface area (Å²) in [6, 6.07) is 15.1. The molecule has 2 aromatic carbocycles. The maximum atomic E-state index is 11.6. The number of carbonyl (C=O) groups excluding carboxylic acids is 1. The number of carbonyl (C=O) groups is 1. The Kier molecular flexibility index (Phi) is 6.01. The van der Waals surface area contributed by atoms with Crippen molar-refractivity contribution in [2.75, 3.05) is 6.61 Å². The third kappa shape index (κ3) is 4.62. The van der Waals surface area contributed by atoms with Crippen LogP contribution in [0.1, 0.15) is 42.6 Å². The van der Waals surface area contributed by atoms with Crippen LogP contribution in [0.5, 0.6) is 11.5 Å². The maximum absolute atomic E-state index is 11.6. The average Bonchev–Trinajstić information content (AvgIpc) is 2.55. The lowest BCUT2D eigenvalue weighted by atomic mass is 10.1. The van der Waals surface area contributed by atoms with Gasteiger partial charge in [0, 0.05) is 0 Å². The van der Waals surface area contributed by atoms with Crippen molar-refractivity contribution in [2.45, 2.75) is 33.1 Å². The lowest BCUT2D eigenvalue weighted by molar-refractivity contribution is 0.0526. The van der Waals surface area contributed by atoms with E-state index in [1.54, 1.807) is 31.2 Å². The van der Waals surface area contributed by atoms with E-state index >= 15 is 0 Å². The monoisotopic (exact) mass is 298 g/mol. The number of ether oxygens (including phenoxy) is 2. The zero-order valence-corrected chi connectivity index (χ0v) is 13.2. The van der Waals surface area contributed by atoms with Gasteiger partial charge in [0.25, 0.3) is 0 Å². The van der Waals surface area contributed by atoms with Crippen molar-refractivity contribution in [1.29, 1.82) is 0 Å². The van der Waals surface area contributed by atoms with Gasteiger partial charge in [-0.3, -0.25) is 0 Å². The lowest BCUT2D eigenvalue weighted by Gasteiger charge is -2.08. The van der Waals surface area contributed by atoms with E-state index < -0.39 is 0 Å². The van der Waals surface area contributed by atoms with Crippen molar-refractivity contribution in [1.82, 2.24) is 0 Å². The molecule has 0 saturated carbocycles. The van der Waals surface area contributed by atoms with E-state index in [2.05, 4.69) is 19.1 Å². The van der Waals surface area contributed by atoms with Gasteiger partial charge in [-0.05, 0) is 61.7 Å². The molecule has 0 N–H and O–H groups in total. The minimum atomic E-state index is -0.311. The second-order valence-electron chi connectivity index (χ2n) is 5.09. The molecule has 0 unspecified atom stereocenters. The van der Waals surface area contributed by atoms with Crippen LogP contribution in [0, 0.1) is 0 Å². The van der Waals surface area contributed by atoms with Crippen LogP contribution >= 0.6 is 0 Å². The zero-order valence-electron chi connectivity index (χ0n) is 13.2. The van der Waals surface area contributed by atoms with E-state index in [0.717, 1.165) is 12.2 Å². The molecule has 0 saturated heterocycles. The van der Waals surface area contributed by atoms with Crippen LogP contribution in [0.25, 0.3) is 0 Å². The molecule has 0 aliphatic rings. The highest BCUT2D eigenvalue weighted by molar-refractivity contribution is 5.89. The molecule has 0 aliphatic carbocycles. The van der Waals surface area contributed by atoms with E-state index in [0.29, 0.717) is 17.9 Å². The number of hydrogen-bond donors (Lipinski definition) is 0. The predicted molar refractivity (Wildman–Crippen MR) is 87.5 cm³/mol. The summed E-state index contributed by atoms with van der Waals surface area (Å²) in [4.78, 5) is 11.6. The normalized spacial score (nSPS) is 10.3. The van der Waals surface area contributed by atoms with E-state index in [1.165, 1.54) is 18.4 Å². The minimum absolute atomic E-state index is 0.311.